The van der Waals surface area contributed by atoms with E-state index in [-0.39, 0.29) is 17.8 Å². The number of hydrogen-bond acceptors (Lipinski definition) is 4. The fourth-order valence-corrected chi connectivity index (χ4v) is 1.48. The zero-order chi connectivity index (χ0) is 14.5. The molecular weight excluding hydrogens is 265 g/mol. The first-order chi connectivity index (χ1) is 9.56. The van der Waals surface area contributed by atoms with Crippen LogP contribution in [0.1, 0.15) is 26.4 Å². The van der Waals surface area contributed by atoms with Crippen molar-refractivity contribution in [1.82, 2.24) is 15.3 Å². The maximum Gasteiger partial charge on any atom is 0.354 e. The first-order valence-corrected chi connectivity index (χ1v) is 5.63. The predicted octanol–water partition coefficient (Wildman–Crippen LogP) is 1.24. The van der Waals surface area contributed by atoms with Crippen molar-refractivity contribution < 1.29 is 19.1 Å². The number of rotatable bonds is 4. The average molecular weight is 275 g/mol. The maximum atomic E-state index is 12.9. The quantitative estimate of drug-likeness (QED) is 0.875. The van der Waals surface area contributed by atoms with Crippen molar-refractivity contribution in [2.24, 2.45) is 0 Å². The Morgan fingerprint density at radius 1 is 1.25 bits per heavy atom. The van der Waals surface area contributed by atoms with E-state index in [2.05, 4.69) is 15.3 Å². The van der Waals surface area contributed by atoms with Gasteiger partial charge in [-0.1, -0.05) is 6.07 Å². The number of nitrogens with one attached hydrogen (secondary N) is 1. The number of aromatic carboxylic acids is 1. The summed E-state index contributed by atoms with van der Waals surface area (Å²) in [5, 5.41) is 11.3. The molecule has 2 aromatic rings. The Morgan fingerprint density at radius 3 is 2.65 bits per heavy atom. The van der Waals surface area contributed by atoms with Crippen LogP contribution in [0.25, 0.3) is 0 Å². The van der Waals surface area contributed by atoms with Gasteiger partial charge in [0.05, 0.1) is 11.8 Å². The van der Waals surface area contributed by atoms with E-state index in [1.165, 1.54) is 18.5 Å². The van der Waals surface area contributed by atoms with Gasteiger partial charge in [-0.05, 0) is 17.7 Å². The summed E-state index contributed by atoms with van der Waals surface area (Å²) < 4.78 is 12.9. The highest BCUT2D eigenvalue weighted by atomic mass is 19.1. The van der Waals surface area contributed by atoms with Gasteiger partial charge in [-0.3, -0.25) is 9.78 Å². The van der Waals surface area contributed by atoms with Gasteiger partial charge in [0, 0.05) is 18.9 Å². The third-order valence-corrected chi connectivity index (χ3v) is 2.46. The molecule has 0 unspecified atom stereocenters. The second-order valence-electron chi connectivity index (χ2n) is 3.93. The highest BCUT2D eigenvalue weighted by molar-refractivity contribution is 5.93. The molecule has 0 spiro atoms. The van der Waals surface area contributed by atoms with Crippen molar-refractivity contribution in [2.45, 2.75) is 6.54 Å². The summed E-state index contributed by atoms with van der Waals surface area (Å²) >= 11 is 0. The zero-order valence-electron chi connectivity index (χ0n) is 10.2. The molecule has 0 saturated carbocycles. The molecule has 2 rings (SSSR count). The fourth-order valence-electron chi connectivity index (χ4n) is 1.48. The molecule has 2 aromatic heterocycles. The smallest absolute Gasteiger partial charge is 0.354 e. The number of nitrogens with zero attached hydrogens (tertiary/aromatic N) is 2. The van der Waals surface area contributed by atoms with Crippen LogP contribution in [0.15, 0.2) is 36.8 Å². The van der Waals surface area contributed by atoms with E-state index in [9.17, 15) is 14.0 Å². The summed E-state index contributed by atoms with van der Waals surface area (Å²) in [6, 6.07) is 3.96. The molecule has 0 aliphatic rings. The summed E-state index contributed by atoms with van der Waals surface area (Å²) in [7, 11) is 0. The third kappa shape index (κ3) is 3.35. The number of halogens is 1. The van der Waals surface area contributed by atoms with Crippen LogP contribution in [0.3, 0.4) is 0 Å². The van der Waals surface area contributed by atoms with E-state index in [0.717, 1.165) is 12.3 Å². The summed E-state index contributed by atoms with van der Waals surface area (Å²) in [4.78, 5) is 29.6. The molecule has 0 aromatic carbocycles. The van der Waals surface area contributed by atoms with Crippen LogP contribution in [0.5, 0.6) is 0 Å². The Labute approximate surface area is 113 Å². The van der Waals surface area contributed by atoms with Crippen LogP contribution >= 0.6 is 0 Å². The van der Waals surface area contributed by atoms with Crippen molar-refractivity contribution >= 4 is 11.9 Å². The summed E-state index contributed by atoms with van der Waals surface area (Å²) in [5.41, 5.74) is 0.669. The molecule has 102 valence electrons. The second kappa shape index (κ2) is 5.87. The van der Waals surface area contributed by atoms with Crippen LogP contribution in [-0.2, 0) is 6.54 Å². The van der Waals surface area contributed by atoms with Gasteiger partial charge in [-0.15, -0.1) is 0 Å². The molecule has 0 atom stereocenters. The van der Waals surface area contributed by atoms with Gasteiger partial charge in [-0.2, -0.15) is 0 Å². The lowest BCUT2D eigenvalue weighted by Crippen LogP contribution is -2.23. The number of hydrogen-bond donors (Lipinski definition) is 2. The highest BCUT2D eigenvalue weighted by Gasteiger charge is 2.08. The number of pyridine rings is 2. The zero-order valence-corrected chi connectivity index (χ0v) is 10.2. The van der Waals surface area contributed by atoms with Crippen molar-refractivity contribution in [2.75, 3.05) is 0 Å². The van der Waals surface area contributed by atoms with Crippen molar-refractivity contribution in [1.29, 1.82) is 0 Å². The van der Waals surface area contributed by atoms with Crippen molar-refractivity contribution in [3.05, 3.63) is 59.4 Å². The largest absolute Gasteiger partial charge is 0.477 e. The molecule has 7 heteroatoms. The van der Waals surface area contributed by atoms with Crippen LogP contribution < -0.4 is 5.32 Å². The van der Waals surface area contributed by atoms with E-state index in [4.69, 9.17) is 5.11 Å². The Balaban J connectivity index is 1.98. The average Bonchev–Trinajstić information content (AvgIpc) is 2.45. The van der Waals surface area contributed by atoms with E-state index in [0.29, 0.717) is 5.56 Å². The molecule has 2 heterocycles. The highest BCUT2D eigenvalue weighted by Crippen LogP contribution is 2.03. The number of carboxylic acids is 1. The number of carbonyl (C=O) groups excluding carboxylic acids is 1. The number of amides is 1. The maximum absolute atomic E-state index is 12.9. The van der Waals surface area contributed by atoms with E-state index in [1.54, 1.807) is 6.07 Å². The lowest BCUT2D eigenvalue weighted by Gasteiger charge is -2.05. The number of carbonyl (C=O) groups is 2. The topological polar surface area (TPSA) is 92.2 Å². The predicted molar refractivity (Wildman–Crippen MR) is 66.6 cm³/mol. The minimum absolute atomic E-state index is 0.0746. The molecule has 6 nitrogen and oxygen atoms in total. The molecule has 0 bridgehead atoms. The van der Waals surface area contributed by atoms with Crippen LogP contribution in [0.4, 0.5) is 4.39 Å². The molecule has 0 aliphatic carbocycles. The van der Waals surface area contributed by atoms with Gasteiger partial charge in [0.25, 0.3) is 5.91 Å². The molecule has 1 amide bonds. The number of aromatic nitrogens is 2. The standard InChI is InChI=1S/C13H10FN3O3/c14-10-3-9(6-15-7-10)12(18)17-5-8-1-2-11(13(19)20)16-4-8/h1-4,6-7H,5H2,(H,17,18)(H,19,20). The molecule has 0 aliphatic heterocycles. The normalized spacial score (nSPS) is 10.1. The third-order valence-electron chi connectivity index (χ3n) is 2.46. The Kier molecular flexibility index (Phi) is 3.99. The lowest BCUT2D eigenvalue weighted by atomic mass is 10.2. The van der Waals surface area contributed by atoms with Gasteiger partial charge >= 0.3 is 5.97 Å². The molecule has 0 radical (unpaired) electrons. The summed E-state index contributed by atoms with van der Waals surface area (Å²) in [6.45, 7) is 0.155. The Hall–Kier alpha value is -2.83. The minimum Gasteiger partial charge on any atom is -0.477 e. The van der Waals surface area contributed by atoms with Gasteiger partial charge in [-0.25, -0.2) is 14.2 Å². The summed E-state index contributed by atoms with van der Waals surface area (Å²) in [5.74, 6) is -2.18. The van der Waals surface area contributed by atoms with Crippen LogP contribution in [0, 0.1) is 5.82 Å². The lowest BCUT2D eigenvalue weighted by molar-refractivity contribution is 0.0690. The van der Waals surface area contributed by atoms with Gasteiger partial charge in [0.1, 0.15) is 11.5 Å². The molecule has 0 fully saturated rings. The van der Waals surface area contributed by atoms with E-state index >= 15 is 0 Å². The fraction of sp³-hybridized carbons (Fsp3) is 0.0769. The van der Waals surface area contributed by atoms with Crippen LogP contribution in [-0.4, -0.2) is 27.0 Å². The first kappa shape index (κ1) is 13.6. The van der Waals surface area contributed by atoms with Crippen molar-refractivity contribution in [3.8, 4) is 0 Å². The second-order valence-corrected chi connectivity index (χ2v) is 3.93. The van der Waals surface area contributed by atoms with Crippen molar-refractivity contribution in [3.63, 3.8) is 0 Å². The molecular formula is C13H10FN3O3. The van der Waals surface area contributed by atoms with Gasteiger partial charge < -0.3 is 10.4 Å². The number of carboxylic acid groups (broad SMARTS) is 1. The Bertz CT molecular complexity index is 644. The molecule has 20 heavy (non-hydrogen) atoms. The van der Waals surface area contributed by atoms with Gasteiger partial charge in [0.2, 0.25) is 0 Å². The van der Waals surface area contributed by atoms with E-state index < -0.39 is 17.7 Å². The SMILES string of the molecule is O=C(NCc1ccc(C(=O)O)nc1)c1cncc(F)c1. The molecule has 0 saturated heterocycles. The van der Waals surface area contributed by atoms with Gasteiger partial charge in [0.15, 0.2) is 0 Å². The Morgan fingerprint density at radius 2 is 2.05 bits per heavy atom. The summed E-state index contributed by atoms with van der Waals surface area (Å²) in [6.07, 6.45) is 3.61. The minimum atomic E-state index is -1.12. The first-order valence-electron chi connectivity index (χ1n) is 5.63. The monoisotopic (exact) mass is 275 g/mol. The van der Waals surface area contributed by atoms with E-state index in [1.807, 2.05) is 0 Å². The van der Waals surface area contributed by atoms with Crippen LogP contribution in [0.2, 0.25) is 0 Å². The molecule has 2 N–H and O–H groups in total.